The molecule has 13 heavy (non-hydrogen) atoms. The number of alkyl halides is 2. The minimum atomic E-state index is -3.37. The van der Waals surface area contributed by atoms with Crippen LogP contribution in [0.25, 0.3) is 0 Å². The Bertz CT molecular complexity index is 263. The van der Waals surface area contributed by atoms with Crippen LogP contribution in [0.15, 0.2) is 0 Å². The van der Waals surface area contributed by atoms with Crippen LogP contribution in [-0.2, 0) is 9.59 Å². The van der Waals surface area contributed by atoms with E-state index in [1.807, 2.05) is 0 Å². The van der Waals surface area contributed by atoms with Crippen LogP contribution >= 0.6 is 0 Å². The van der Waals surface area contributed by atoms with Gasteiger partial charge >= 0.3 is 11.9 Å². The van der Waals surface area contributed by atoms with Crippen LogP contribution in [0.3, 0.4) is 0 Å². The average molecular weight is 194 g/mol. The fourth-order valence-electron chi connectivity index (χ4n) is 1.44. The highest BCUT2D eigenvalue weighted by Gasteiger charge is 2.74. The molecule has 0 saturated heterocycles. The molecule has 0 radical (unpaired) electrons. The Morgan fingerprint density at radius 2 is 1.85 bits per heavy atom. The molecule has 6 heteroatoms. The van der Waals surface area contributed by atoms with Crippen LogP contribution in [0, 0.1) is 17.8 Å². The third-order valence-electron chi connectivity index (χ3n) is 2.30. The highest BCUT2D eigenvalue weighted by molar-refractivity contribution is 5.79. The quantitative estimate of drug-likeness (QED) is 0.692. The summed E-state index contributed by atoms with van der Waals surface area (Å²) < 4.78 is 25.4. The lowest BCUT2D eigenvalue weighted by molar-refractivity contribution is -0.142. The summed E-state index contributed by atoms with van der Waals surface area (Å²) in [5.41, 5.74) is 0. The number of carboxylic acids is 2. The Morgan fingerprint density at radius 3 is 2.08 bits per heavy atom. The second-order valence-electron chi connectivity index (χ2n) is 3.14. The lowest BCUT2D eigenvalue weighted by atomic mass is 10.1. The molecule has 0 aromatic heterocycles. The van der Waals surface area contributed by atoms with Gasteiger partial charge in [-0.25, -0.2) is 8.78 Å². The van der Waals surface area contributed by atoms with Crippen molar-refractivity contribution in [2.75, 3.05) is 0 Å². The summed E-state index contributed by atoms with van der Waals surface area (Å²) in [6, 6.07) is 0. The van der Waals surface area contributed by atoms with Crippen LogP contribution in [0.2, 0.25) is 0 Å². The van der Waals surface area contributed by atoms with Crippen molar-refractivity contribution in [2.24, 2.45) is 17.8 Å². The van der Waals surface area contributed by atoms with E-state index in [-0.39, 0.29) is 0 Å². The Morgan fingerprint density at radius 1 is 1.38 bits per heavy atom. The number of hydrogen-bond donors (Lipinski definition) is 2. The number of carbonyl (C=O) groups is 2. The first-order valence-corrected chi connectivity index (χ1v) is 3.63. The molecule has 3 atom stereocenters. The number of rotatable bonds is 3. The van der Waals surface area contributed by atoms with Crippen LogP contribution in [0.5, 0.6) is 0 Å². The minimum Gasteiger partial charge on any atom is -0.481 e. The molecular formula is C7H8F2O4. The van der Waals surface area contributed by atoms with Gasteiger partial charge in [0, 0.05) is 0 Å². The van der Waals surface area contributed by atoms with E-state index < -0.39 is 35.6 Å². The molecule has 0 amide bonds. The van der Waals surface area contributed by atoms with E-state index in [0.29, 0.717) is 0 Å². The van der Waals surface area contributed by atoms with Crippen LogP contribution < -0.4 is 0 Å². The summed E-state index contributed by atoms with van der Waals surface area (Å²) >= 11 is 0. The molecule has 1 aliphatic rings. The standard InChI is InChI=1S/C7H8F2O4/c1-2(5(10)11)3-4(6(12)13)7(3,8)9/h2-4H,1H3,(H,10,11)(H,12,13)/t2-,3-,4-/m1/s1. The second kappa shape index (κ2) is 2.65. The van der Waals surface area contributed by atoms with Crippen molar-refractivity contribution in [3.63, 3.8) is 0 Å². The summed E-state index contributed by atoms with van der Waals surface area (Å²) in [5.74, 6) is -11.1. The van der Waals surface area contributed by atoms with Crippen molar-refractivity contribution in [1.82, 2.24) is 0 Å². The summed E-state index contributed by atoms with van der Waals surface area (Å²) in [4.78, 5) is 20.6. The normalized spacial score (nSPS) is 32.2. The van der Waals surface area contributed by atoms with Gasteiger partial charge in [-0.1, -0.05) is 6.92 Å². The van der Waals surface area contributed by atoms with Crippen LogP contribution in [-0.4, -0.2) is 28.1 Å². The summed E-state index contributed by atoms with van der Waals surface area (Å²) in [5, 5.41) is 16.7. The summed E-state index contributed by atoms with van der Waals surface area (Å²) in [6.45, 7) is 1.09. The van der Waals surface area contributed by atoms with E-state index in [2.05, 4.69) is 0 Å². The topological polar surface area (TPSA) is 74.6 Å². The average Bonchev–Trinajstić information content (AvgIpc) is 2.51. The molecule has 0 aromatic carbocycles. The predicted molar refractivity (Wildman–Crippen MR) is 36.4 cm³/mol. The zero-order chi connectivity index (χ0) is 10.4. The van der Waals surface area contributed by atoms with Gasteiger partial charge in [0.25, 0.3) is 5.92 Å². The monoisotopic (exact) mass is 194 g/mol. The van der Waals surface area contributed by atoms with E-state index in [9.17, 15) is 18.4 Å². The van der Waals surface area contributed by atoms with Gasteiger partial charge < -0.3 is 10.2 Å². The van der Waals surface area contributed by atoms with Gasteiger partial charge in [0.2, 0.25) is 0 Å². The molecule has 0 unspecified atom stereocenters. The minimum absolute atomic E-state index is 1.09. The van der Waals surface area contributed by atoms with E-state index in [1.54, 1.807) is 0 Å². The van der Waals surface area contributed by atoms with Crippen LogP contribution in [0.4, 0.5) is 8.78 Å². The second-order valence-corrected chi connectivity index (χ2v) is 3.14. The SMILES string of the molecule is C[C@@H](C(=O)O)[C@@H]1[C@H](C(=O)O)C1(F)F. The number of hydrogen-bond acceptors (Lipinski definition) is 2. The molecule has 1 saturated carbocycles. The lowest BCUT2D eigenvalue weighted by Crippen LogP contribution is -2.15. The molecule has 0 aliphatic heterocycles. The summed E-state index contributed by atoms with van der Waals surface area (Å²) in [6.07, 6.45) is 0. The molecule has 0 aromatic rings. The van der Waals surface area contributed by atoms with Crippen molar-refractivity contribution in [3.05, 3.63) is 0 Å². The van der Waals surface area contributed by atoms with Gasteiger partial charge in [-0.05, 0) is 0 Å². The molecule has 74 valence electrons. The third kappa shape index (κ3) is 1.36. The number of carboxylic acid groups (broad SMARTS) is 2. The van der Waals surface area contributed by atoms with E-state index in [0.717, 1.165) is 6.92 Å². The first-order chi connectivity index (χ1) is 5.80. The van der Waals surface area contributed by atoms with Crippen molar-refractivity contribution >= 4 is 11.9 Å². The molecule has 1 fully saturated rings. The maximum Gasteiger partial charge on any atom is 0.313 e. The molecule has 0 bridgehead atoms. The van der Waals surface area contributed by atoms with E-state index in [4.69, 9.17) is 10.2 Å². The van der Waals surface area contributed by atoms with Gasteiger partial charge in [0.1, 0.15) is 5.92 Å². The zero-order valence-corrected chi connectivity index (χ0v) is 6.70. The smallest absolute Gasteiger partial charge is 0.313 e. The van der Waals surface area contributed by atoms with Gasteiger partial charge in [0.15, 0.2) is 0 Å². The molecule has 1 aliphatic carbocycles. The Kier molecular flexibility index (Phi) is 2.01. The molecule has 0 heterocycles. The zero-order valence-electron chi connectivity index (χ0n) is 6.70. The van der Waals surface area contributed by atoms with Crippen molar-refractivity contribution < 1.29 is 28.6 Å². The summed E-state index contributed by atoms with van der Waals surface area (Å²) in [7, 11) is 0. The fraction of sp³-hybridized carbons (Fsp3) is 0.714. The Labute approximate surface area is 72.2 Å². The van der Waals surface area contributed by atoms with Crippen LogP contribution in [0.1, 0.15) is 6.92 Å². The van der Waals surface area contributed by atoms with E-state index in [1.165, 1.54) is 0 Å². The van der Waals surface area contributed by atoms with Crippen molar-refractivity contribution in [1.29, 1.82) is 0 Å². The number of halogens is 2. The van der Waals surface area contributed by atoms with Gasteiger partial charge in [0.05, 0.1) is 11.8 Å². The Hall–Kier alpha value is -1.20. The Balaban J connectivity index is 2.76. The maximum atomic E-state index is 12.7. The lowest BCUT2D eigenvalue weighted by Gasteiger charge is -2.01. The highest BCUT2D eigenvalue weighted by Crippen LogP contribution is 2.58. The largest absolute Gasteiger partial charge is 0.481 e. The molecular weight excluding hydrogens is 186 g/mol. The first-order valence-electron chi connectivity index (χ1n) is 3.63. The molecule has 1 rings (SSSR count). The predicted octanol–water partition coefficient (Wildman–Crippen LogP) is 0.673. The van der Waals surface area contributed by atoms with Gasteiger partial charge in [-0.15, -0.1) is 0 Å². The molecule has 2 N–H and O–H groups in total. The third-order valence-corrected chi connectivity index (χ3v) is 2.30. The first kappa shape index (κ1) is 9.88. The van der Waals surface area contributed by atoms with Gasteiger partial charge in [-0.2, -0.15) is 0 Å². The molecule has 4 nitrogen and oxygen atoms in total. The highest BCUT2D eigenvalue weighted by atomic mass is 19.3. The number of aliphatic carboxylic acids is 2. The van der Waals surface area contributed by atoms with Gasteiger partial charge in [-0.3, -0.25) is 9.59 Å². The van der Waals surface area contributed by atoms with E-state index >= 15 is 0 Å². The fourth-order valence-corrected chi connectivity index (χ4v) is 1.44. The van der Waals surface area contributed by atoms with Crippen molar-refractivity contribution in [3.8, 4) is 0 Å². The molecule has 0 spiro atoms. The van der Waals surface area contributed by atoms with Crippen molar-refractivity contribution in [2.45, 2.75) is 12.8 Å². The maximum absolute atomic E-state index is 12.7.